The fourth-order valence-electron chi connectivity index (χ4n) is 5.71. The minimum Gasteiger partial charge on any atom is -0.497 e. The largest absolute Gasteiger partial charge is 0.497 e. The van der Waals surface area contributed by atoms with Crippen molar-refractivity contribution < 1.29 is 17.9 Å². The Hall–Kier alpha value is -3.92. The van der Waals surface area contributed by atoms with Crippen LogP contribution in [0.2, 0.25) is 0 Å². The minimum absolute atomic E-state index is 0.0380. The number of fused-ring (bicyclic) bond motifs is 1. The predicted octanol–water partition coefficient (Wildman–Crippen LogP) is 4.05. The zero-order chi connectivity index (χ0) is 28.0. The Bertz CT molecular complexity index is 1670. The third-order valence-corrected chi connectivity index (χ3v) is 9.72. The van der Waals surface area contributed by atoms with Crippen molar-refractivity contribution in [1.29, 1.82) is 0 Å². The number of methoxy groups -OCH3 is 1. The molecule has 6 rings (SSSR count). The van der Waals surface area contributed by atoms with E-state index in [4.69, 9.17) is 14.8 Å². The number of sulfone groups is 1. The molecular formula is C30H33N5O4S. The van der Waals surface area contributed by atoms with Crippen LogP contribution < -0.4 is 9.64 Å². The molecular weight excluding hydrogens is 526 g/mol. The summed E-state index contributed by atoms with van der Waals surface area (Å²) in [6, 6.07) is 17.6. The third kappa shape index (κ3) is 4.92. The van der Waals surface area contributed by atoms with Gasteiger partial charge in [-0.25, -0.2) is 18.1 Å². The molecule has 2 saturated heterocycles. The van der Waals surface area contributed by atoms with Crippen molar-refractivity contribution in [3.8, 4) is 17.0 Å². The number of ether oxygens (including phenoxy) is 1. The Morgan fingerprint density at radius 2 is 1.68 bits per heavy atom. The average molecular weight is 560 g/mol. The second-order valence-corrected chi connectivity index (χ2v) is 12.9. The van der Waals surface area contributed by atoms with E-state index in [1.807, 2.05) is 73.3 Å². The summed E-state index contributed by atoms with van der Waals surface area (Å²) in [4.78, 5) is 23.2. The van der Waals surface area contributed by atoms with Gasteiger partial charge in [0.25, 0.3) is 5.91 Å². The summed E-state index contributed by atoms with van der Waals surface area (Å²) in [7, 11) is -1.47. The summed E-state index contributed by atoms with van der Waals surface area (Å²) in [5.74, 6) is 0.933. The molecule has 40 heavy (non-hydrogen) atoms. The Balaban J connectivity index is 1.36. The van der Waals surface area contributed by atoms with Gasteiger partial charge in [-0.1, -0.05) is 29.8 Å². The van der Waals surface area contributed by atoms with Crippen LogP contribution in [0.25, 0.3) is 22.3 Å². The molecule has 0 bridgehead atoms. The van der Waals surface area contributed by atoms with Gasteiger partial charge in [0, 0.05) is 37.4 Å². The van der Waals surface area contributed by atoms with Crippen molar-refractivity contribution in [2.75, 3.05) is 49.7 Å². The molecule has 2 fully saturated rings. The summed E-state index contributed by atoms with van der Waals surface area (Å²) in [5.41, 5.74) is 5.62. The number of piperazine rings is 1. The number of hydrogen-bond donors (Lipinski definition) is 0. The number of anilines is 1. The first-order valence-electron chi connectivity index (χ1n) is 13.6. The molecule has 4 heterocycles. The maximum atomic E-state index is 14.1. The van der Waals surface area contributed by atoms with Crippen LogP contribution in [0, 0.1) is 13.8 Å². The lowest BCUT2D eigenvalue weighted by atomic mass is 10.0. The normalized spacial score (nSPS) is 18.8. The highest BCUT2D eigenvalue weighted by atomic mass is 32.2. The van der Waals surface area contributed by atoms with Crippen molar-refractivity contribution in [1.82, 2.24) is 19.7 Å². The molecule has 0 spiro atoms. The van der Waals surface area contributed by atoms with Crippen LogP contribution >= 0.6 is 0 Å². The Kier molecular flexibility index (Phi) is 6.74. The van der Waals surface area contributed by atoms with Gasteiger partial charge in [0.2, 0.25) is 0 Å². The Morgan fingerprint density at radius 3 is 2.30 bits per heavy atom. The number of benzene rings is 2. The number of amides is 1. The number of nitrogens with zero attached hydrogens (tertiary/aromatic N) is 5. The molecule has 9 nitrogen and oxygen atoms in total. The van der Waals surface area contributed by atoms with Crippen molar-refractivity contribution in [3.05, 3.63) is 71.4 Å². The fraction of sp³-hybridized carbons (Fsp3) is 0.367. The van der Waals surface area contributed by atoms with Crippen LogP contribution in [0.1, 0.15) is 34.1 Å². The first-order valence-corrected chi connectivity index (χ1v) is 15.4. The van der Waals surface area contributed by atoms with Crippen LogP contribution in [0.4, 0.5) is 5.69 Å². The molecule has 0 N–H and O–H groups in total. The molecule has 2 aromatic carbocycles. The van der Waals surface area contributed by atoms with Gasteiger partial charge in [-0.05, 0) is 50.6 Å². The number of pyridine rings is 1. The van der Waals surface area contributed by atoms with E-state index in [2.05, 4.69) is 4.90 Å². The van der Waals surface area contributed by atoms with E-state index in [9.17, 15) is 13.2 Å². The topological polar surface area (TPSA) is 97.6 Å². The van der Waals surface area contributed by atoms with E-state index in [0.29, 0.717) is 47.5 Å². The quantitative estimate of drug-likeness (QED) is 0.364. The monoisotopic (exact) mass is 559 g/mol. The van der Waals surface area contributed by atoms with E-state index in [0.717, 1.165) is 35.7 Å². The second-order valence-electron chi connectivity index (χ2n) is 10.7. The summed E-state index contributed by atoms with van der Waals surface area (Å²) in [6.45, 7) is 6.50. The highest BCUT2D eigenvalue weighted by Crippen LogP contribution is 2.33. The van der Waals surface area contributed by atoms with Crippen molar-refractivity contribution in [3.63, 3.8) is 0 Å². The van der Waals surface area contributed by atoms with Gasteiger partial charge >= 0.3 is 0 Å². The summed E-state index contributed by atoms with van der Waals surface area (Å²) in [6.07, 6.45) is 0.492. The van der Waals surface area contributed by atoms with Crippen LogP contribution in [-0.4, -0.2) is 78.8 Å². The minimum atomic E-state index is -3.12. The molecule has 208 valence electrons. The summed E-state index contributed by atoms with van der Waals surface area (Å²) < 4.78 is 31.6. The number of carbonyl (C=O) groups is 1. The zero-order valence-electron chi connectivity index (χ0n) is 23.0. The molecule has 1 unspecified atom stereocenters. The SMILES string of the molecule is COc1ccc(N2CCN(C(=O)c3cc(-c4ccc(C)cc4)nc4c3c(C)nn4C3CCS(=O)(=O)C3)CC2)cc1. The van der Waals surface area contributed by atoms with Gasteiger partial charge in [-0.15, -0.1) is 0 Å². The first-order chi connectivity index (χ1) is 19.2. The molecule has 10 heteroatoms. The Morgan fingerprint density at radius 1 is 0.975 bits per heavy atom. The lowest BCUT2D eigenvalue weighted by Gasteiger charge is -2.36. The van der Waals surface area contributed by atoms with Crippen molar-refractivity contribution in [2.24, 2.45) is 0 Å². The second kappa shape index (κ2) is 10.2. The smallest absolute Gasteiger partial charge is 0.254 e. The predicted molar refractivity (Wildman–Crippen MR) is 156 cm³/mol. The van der Waals surface area contributed by atoms with Crippen LogP contribution in [0.5, 0.6) is 5.75 Å². The van der Waals surface area contributed by atoms with Crippen LogP contribution in [0.15, 0.2) is 54.6 Å². The van der Waals surface area contributed by atoms with Gasteiger partial charge in [0.15, 0.2) is 15.5 Å². The molecule has 2 aromatic heterocycles. The maximum absolute atomic E-state index is 14.1. The number of aromatic nitrogens is 3. The number of carbonyl (C=O) groups excluding carboxylic acids is 1. The molecule has 0 saturated carbocycles. The van der Waals surface area contributed by atoms with Gasteiger partial charge in [-0.2, -0.15) is 5.10 Å². The standard InChI is InChI=1S/C30H33N5O4S/c1-20-4-6-22(7-5-20)27-18-26(28-21(2)32-35(29(28)31-27)24-12-17-40(37,38)19-24)30(36)34-15-13-33(14-16-34)23-8-10-25(39-3)11-9-23/h4-11,18,24H,12-17,19H2,1-3H3. The molecule has 4 aromatic rings. The van der Waals surface area contributed by atoms with Gasteiger partial charge < -0.3 is 14.5 Å². The van der Waals surface area contributed by atoms with E-state index in [1.54, 1.807) is 11.8 Å². The average Bonchev–Trinajstić information content (AvgIpc) is 3.51. The van der Waals surface area contributed by atoms with E-state index >= 15 is 0 Å². The molecule has 0 radical (unpaired) electrons. The number of rotatable bonds is 5. The highest BCUT2D eigenvalue weighted by Gasteiger charge is 2.33. The highest BCUT2D eigenvalue weighted by molar-refractivity contribution is 7.91. The number of aryl methyl sites for hydroxylation is 2. The lowest BCUT2D eigenvalue weighted by molar-refractivity contribution is 0.0748. The van der Waals surface area contributed by atoms with E-state index in [-0.39, 0.29) is 23.5 Å². The van der Waals surface area contributed by atoms with Gasteiger partial charge in [-0.3, -0.25) is 4.79 Å². The Labute approximate surface area is 234 Å². The van der Waals surface area contributed by atoms with E-state index in [1.165, 1.54) is 0 Å². The molecule has 2 aliphatic heterocycles. The summed E-state index contributed by atoms with van der Waals surface area (Å²) >= 11 is 0. The number of hydrogen-bond acceptors (Lipinski definition) is 7. The van der Waals surface area contributed by atoms with Gasteiger partial charge in [0.1, 0.15) is 5.75 Å². The van der Waals surface area contributed by atoms with Crippen molar-refractivity contribution in [2.45, 2.75) is 26.3 Å². The van der Waals surface area contributed by atoms with Crippen LogP contribution in [-0.2, 0) is 9.84 Å². The lowest BCUT2D eigenvalue weighted by Crippen LogP contribution is -2.48. The first kappa shape index (κ1) is 26.3. The molecule has 1 atom stereocenters. The van der Waals surface area contributed by atoms with Crippen molar-refractivity contribution >= 4 is 32.5 Å². The molecule has 0 aliphatic carbocycles. The summed E-state index contributed by atoms with van der Waals surface area (Å²) in [5, 5.41) is 5.44. The third-order valence-electron chi connectivity index (χ3n) is 7.97. The fourth-order valence-corrected chi connectivity index (χ4v) is 7.40. The van der Waals surface area contributed by atoms with Gasteiger partial charge in [0.05, 0.1) is 47.0 Å². The molecule has 2 aliphatic rings. The van der Waals surface area contributed by atoms with E-state index < -0.39 is 9.84 Å². The molecule has 1 amide bonds. The zero-order valence-corrected chi connectivity index (χ0v) is 23.8. The maximum Gasteiger partial charge on any atom is 0.254 e. The van der Waals surface area contributed by atoms with Crippen LogP contribution in [0.3, 0.4) is 0 Å².